The lowest BCUT2D eigenvalue weighted by atomic mass is 10.0. The molecular formula is C17H22N2O2S. The molecule has 1 heterocycles. The van der Waals surface area contributed by atoms with E-state index in [1.54, 1.807) is 11.3 Å². The Labute approximate surface area is 135 Å². The van der Waals surface area contributed by atoms with E-state index in [2.05, 4.69) is 29.4 Å². The van der Waals surface area contributed by atoms with Crippen LogP contribution in [0.2, 0.25) is 0 Å². The maximum atomic E-state index is 10.8. The maximum absolute atomic E-state index is 10.8. The Morgan fingerprint density at radius 1 is 1.36 bits per heavy atom. The van der Waals surface area contributed by atoms with Crippen molar-refractivity contribution in [1.29, 1.82) is 0 Å². The van der Waals surface area contributed by atoms with E-state index >= 15 is 0 Å². The number of carbonyl (C=O) groups is 1. The summed E-state index contributed by atoms with van der Waals surface area (Å²) >= 11 is 1.72. The molecule has 0 saturated carbocycles. The third kappa shape index (κ3) is 5.58. The summed E-state index contributed by atoms with van der Waals surface area (Å²) in [5.74, 6) is -0.748. The fourth-order valence-corrected chi connectivity index (χ4v) is 3.11. The minimum Gasteiger partial charge on any atom is -0.481 e. The van der Waals surface area contributed by atoms with Gasteiger partial charge in [-0.3, -0.25) is 4.79 Å². The zero-order valence-electron chi connectivity index (χ0n) is 12.8. The van der Waals surface area contributed by atoms with Gasteiger partial charge >= 0.3 is 5.97 Å². The predicted molar refractivity (Wildman–Crippen MR) is 89.1 cm³/mol. The van der Waals surface area contributed by atoms with Crippen LogP contribution in [0.25, 0.3) is 0 Å². The summed E-state index contributed by atoms with van der Waals surface area (Å²) in [5.41, 5.74) is 1.22. The molecule has 0 spiro atoms. The van der Waals surface area contributed by atoms with Gasteiger partial charge < -0.3 is 10.4 Å². The maximum Gasteiger partial charge on any atom is 0.303 e. The number of nitrogens with zero attached hydrogens (tertiary/aromatic N) is 1. The van der Waals surface area contributed by atoms with E-state index in [0.29, 0.717) is 13.0 Å². The molecule has 2 N–H and O–H groups in total. The lowest BCUT2D eigenvalue weighted by Crippen LogP contribution is -2.31. The van der Waals surface area contributed by atoms with Gasteiger partial charge in [-0.05, 0) is 24.8 Å². The van der Waals surface area contributed by atoms with Crippen LogP contribution in [0.1, 0.15) is 35.2 Å². The highest BCUT2D eigenvalue weighted by atomic mass is 32.1. The van der Waals surface area contributed by atoms with Crippen LogP contribution in [0.4, 0.5) is 0 Å². The monoisotopic (exact) mass is 318 g/mol. The molecule has 0 bridgehead atoms. The van der Waals surface area contributed by atoms with E-state index in [1.807, 2.05) is 24.4 Å². The molecule has 2 rings (SSSR count). The van der Waals surface area contributed by atoms with Crippen LogP contribution < -0.4 is 5.32 Å². The van der Waals surface area contributed by atoms with Crippen LogP contribution >= 0.6 is 11.3 Å². The van der Waals surface area contributed by atoms with Crippen molar-refractivity contribution >= 4 is 17.3 Å². The summed E-state index contributed by atoms with van der Waals surface area (Å²) in [5, 5.41) is 13.4. The van der Waals surface area contributed by atoms with E-state index < -0.39 is 5.97 Å². The van der Waals surface area contributed by atoms with Gasteiger partial charge in [0.15, 0.2) is 0 Å². The summed E-state index contributed by atoms with van der Waals surface area (Å²) in [7, 11) is 0. The number of hydrogen-bond donors (Lipinski definition) is 2. The Kier molecular flexibility index (Phi) is 6.55. The van der Waals surface area contributed by atoms with E-state index in [1.165, 1.54) is 10.4 Å². The molecule has 2 aromatic rings. The number of thiazole rings is 1. The molecule has 118 valence electrons. The summed E-state index contributed by atoms with van der Waals surface area (Å²) in [4.78, 5) is 16.5. The molecule has 1 unspecified atom stereocenters. The Morgan fingerprint density at radius 3 is 2.77 bits per heavy atom. The van der Waals surface area contributed by atoms with Gasteiger partial charge in [-0.25, -0.2) is 4.98 Å². The first-order valence-corrected chi connectivity index (χ1v) is 8.41. The number of carboxylic acids is 1. The number of aromatic nitrogens is 1. The number of aryl methyl sites for hydroxylation is 1. The van der Waals surface area contributed by atoms with Gasteiger partial charge in [0.05, 0.1) is 0 Å². The van der Waals surface area contributed by atoms with E-state index in [-0.39, 0.29) is 12.5 Å². The normalized spacial score (nSPS) is 12.2. The zero-order valence-corrected chi connectivity index (χ0v) is 13.6. The fraction of sp³-hybridized carbons (Fsp3) is 0.412. The largest absolute Gasteiger partial charge is 0.481 e. The van der Waals surface area contributed by atoms with Crippen molar-refractivity contribution in [3.05, 3.63) is 52.0 Å². The molecule has 1 atom stereocenters. The average molecular weight is 318 g/mol. The number of carboxylic acid groups (broad SMARTS) is 1. The van der Waals surface area contributed by atoms with Crippen LogP contribution in [-0.2, 0) is 24.2 Å². The van der Waals surface area contributed by atoms with Crippen LogP contribution in [-0.4, -0.2) is 22.1 Å². The van der Waals surface area contributed by atoms with Gasteiger partial charge in [0, 0.05) is 30.1 Å². The molecule has 0 aliphatic heterocycles. The molecule has 1 aromatic heterocycles. The van der Waals surface area contributed by atoms with Crippen molar-refractivity contribution in [2.45, 2.75) is 45.2 Å². The van der Waals surface area contributed by atoms with Gasteiger partial charge in [0.25, 0.3) is 0 Å². The summed E-state index contributed by atoms with van der Waals surface area (Å²) in [6, 6.07) is 10.3. The van der Waals surface area contributed by atoms with E-state index in [4.69, 9.17) is 5.11 Å². The van der Waals surface area contributed by atoms with Gasteiger partial charge in [-0.2, -0.15) is 0 Å². The first kappa shape index (κ1) is 16.6. The fourth-order valence-electron chi connectivity index (χ4n) is 2.30. The molecule has 22 heavy (non-hydrogen) atoms. The predicted octanol–water partition coefficient (Wildman–Crippen LogP) is 3.27. The van der Waals surface area contributed by atoms with E-state index in [9.17, 15) is 4.79 Å². The van der Waals surface area contributed by atoms with Crippen LogP contribution in [0.15, 0.2) is 36.5 Å². The molecule has 0 aliphatic carbocycles. The topological polar surface area (TPSA) is 62.2 Å². The van der Waals surface area contributed by atoms with Crippen LogP contribution in [0, 0.1) is 0 Å². The smallest absolute Gasteiger partial charge is 0.303 e. The minimum absolute atomic E-state index is 0.146. The van der Waals surface area contributed by atoms with E-state index in [0.717, 1.165) is 17.8 Å². The van der Waals surface area contributed by atoms with Gasteiger partial charge in [-0.15, -0.1) is 11.3 Å². The molecule has 0 saturated heterocycles. The molecule has 4 nitrogen and oxygen atoms in total. The summed E-state index contributed by atoms with van der Waals surface area (Å²) in [6.45, 7) is 2.82. The Bertz CT molecular complexity index is 583. The van der Waals surface area contributed by atoms with Gasteiger partial charge in [0.1, 0.15) is 5.01 Å². The molecular weight excluding hydrogens is 296 g/mol. The molecule has 0 amide bonds. The lowest BCUT2D eigenvalue weighted by molar-refractivity contribution is -0.137. The Balaban J connectivity index is 1.92. The highest BCUT2D eigenvalue weighted by Crippen LogP contribution is 2.14. The van der Waals surface area contributed by atoms with Crippen LogP contribution in [0.3, 0.4) is 0 Å². The van der Waals surface area contributed by atoms with Crippen molar-refractivity contribution in [3.63, 3.8) is 0 Å². The molecule has 0 radical (unpaired) electrons. The Morgan fingerprint density at radius 2 is 2.14 bits per heavy atom. The summed E-state index contributed by atoms with van der Waals surface area (Å²) in [6.07, 6.45) is 4.56. The number of rotatable bonds is 9. The van der Waals surface area contributed by atoms with Crippen molar-refractivity contribution in [3.8, 4) is 0 Å². The Hall–Kier alpha value is -1.72. The summed E-state index contributed by atoms with van der Waals surface area (Å²) < 4.78 is 0. The van der Waals surface area contributed by atoms with Crippen molar-refractivity contribution in [2.24, 2.45) is 0 Å². The second-order valence-corrected chi connectivity index (χ2v) is 6.47. The first-order valence-electron chi connectivity index (χ1n) is 7.60. The second-order valence-electron chi connectivity index (χ2n) is 5.27. The minimum atomic E-state index is -0.748. The molecule has 1 aromatic carbocycles. The van der Waals surface area contributed by atoms with Crippen molar-refractivity contribution in [2.75, 3.05) is 0 Å². The average Bonchev–Trinajstić information content (AvgIpc) is 2.99. The number of hydrogen-bond acceptors (Lipinski definition) is 4. The molecule has 5 heteroatoms. The lowest BCUT2D eigenvalue weighted by Gasteiger charge is -2.17. The first-order chi connectivity index (χ1) is 10.7. The molecule has 0 fully saturated rings. The number of aliphatic carboxylic acids is 1. The third-order valence-corrected chi connectivity index (χ3v) is 4.67. The zero-order chi connectivity index (χ0) is 15.8. The standard InChI is InChI=1S/C17H22N2O2S/c1-2-15-11-19-16(22-15)12-18-14(8-9-17(20)21)10-13-6-4-3-5-7-13/h3-7,11,14,18H,2,8-10,12H2,1H3,(H,20,21). The number of benzene rings is 1. The van der Waals surface area contributed by atoms with Gasteiger partial charge in [0.2, 0.25) is 0 Å². The highest BCUT2D eigenvalue weighted by molar-refractivity contribution is 7.11. The third-order valence-electron chi connectivity index (χ3n) is 3.52. The van der Waals surface area contributed by atoms with Crippen LogP contribution in [0.5, 0.6) is 0 Å². The molecule has 0 aliphatic rings. The SMILES string of the molecule is CCc1cnc(CNC(CCC(=O)O)Cc2ccccc2)s1. The highest BCUT2D eigenvalue weighted by Gasteiger charge is 2.12. The van der Waals surface area contributed by atoms with Crippen molar-refractivity contribution < 1.29 is 9.90 Å². The quantitative estimate of drug-likeness (QED) is 0.745. The number of nitrogens with one attached hydrogen (secondary N) is 1. The second kappa shape index (κ2) is 8.66. The van der Waals surface area contributed by atoms with Crippen molar-refractivity contribution in [1.82, 2.24) is 10.3 Å². The van der Waals surface area contributed by atoms with Gasteiger partial charge in [-0.1, -0.05) is 37.3 Å².